The molecule has 0 aromatic carbocycles. The predicted molar refractivity (Wildman–Crippen MR) is 113 cm³/mol. The standard InChI is InChI=1S/C20H25F3N4OS/c1-5-10-29-18(17(24-2)19(28)27(3)4)14-12-25-16(11-15(14)20(21,22)23)26-13-8-6-7-9-13/h5,11-13H,1-2,6-10H2,3-4H3,(H,25,26)/b18-17-. The van der Waals surface area contributed by atoms with Crippen LogP contribution in [0.2, 0.25) is 0 Å². The van der Waals surface area contributed by atoms with Crippen LogP contribution in [0.25, 0.3) is 4.91 Å². The normalized spacial score (nSPS) is 15.6. The van der Waals surface area contributed by atoms with Crippen LogP contribution in [-0.4, -0.2) is 48.4 Å². The number of halogens is 3. The molecule has 0 atom stereocenters. The summed E-state index contributed by atoms with van der Waals surface area (Å²) in [5, 5.41) is 3.09. The number of carbonyl (C=O) groups excluding carboxylic acids is 1. The second kappa shape index (κ2) is 9.96. The summed E-state index contributed by atoms with van der Waals surface area (Å²) in [5.41, 5.74) is -1.21. The summed E-state index contributed by atoms with van der Waals surface area (Å²) in [5.74, 6) is -0.0602. The molecule has 0 saturated heterocycles. The van der Waals surface area contributed by atoms with Gasteiger partial charge in [0.15, 0.2) is 0 Å². The predicted octanol–water partition coefficient (Wildman–Crippen LogP) is 4.83. The lowest BCUT2D eigenvalue weighted by Gasteiger charge is -2.20. The van der Waals surface area contributed by atoms with Gasteiger partial charge in [-0.3, -0.25) is 9.79 Å². The summed E-state index contributed by atoms with van der Waals surface area (Å²) in [7, 11) is 3.00. The fourth-order valence-corrected chi connectivity index (χ4v) is 3.98. The molecule has 1 fully saturated rings. The van der Waals surface area contributed by atoms with Crippen molar-refractivity contribution in [3.63, 3.8) is 0 Å². The number of anilines is 1. The summed E-state index contributed by atoms with van der Waals surface area (Å²) in [6, 6.07) is 1.13. The van der Waals surface area contributed by atoms with E-state index in [0.717, 1.165) is 49.7 Å². The van der Waals surface area contributed by atoms with Gasteiger partial charge in [-0.15, -0.1) is 18.3 Å². The van der Waals surface area contributed by atoms with Crippen LogP contribution in [0.1, 0.15) is 36.8 Å². The van der Waals surface area contributed by atoms with E-state index in [1.54, 1.807) is 6.08 Å². The molecule has 1 aromatic rings. The van der Waals surface area contributed by atoms with E-state index >= 15 is 0 Å². The highest BCUT2D eigenvalue weighted by atomic mass is 32.2. The van der Waals surface area contributed by atoms with E-state index in [4.69, 9.17) is 0 Å². The van der Waals surface area contributed by atoms with Gasteiger partial charge in [-0.1, -0.05) is 18.9 Å². The number of thioether (sulfide) groups is 1. The third kappa shape index (κ3) is 5.85. The van der Waals surface area contributed by atoms with Gasteiger partial charge in [0, 0.05) is 42.6 Å². The first kappa shape index (κ1) is 23.0. The van der Waals surface area contributed by atoms with E-state index in [9.17, 15) is 18.0 Å². The number of aromatic nitrogens is 1. The van der Waals surface area contributed by atoms with Crippen LogP contribution in [0, 0.1) is 0 Å². The minimum absolute atomic E-state index is 0.0749. The number of hydrogen-bond acceptors (Lipinski definition) is 5. The summed E-state index contributed by atoms with van der Waals surface area (Å²) in [6.45, 7) is 6.99. The quantitative estimate of drug-likeness (QED) is 0.367. The first-order valence-corrected chi connectivity index (χ1v) is 10.2. The molecule has 1 aliphatic rings. The second-order valence-corrected chi connectivity index (χ2v) is 7.90. The molecule has 1 aliphatic carbocycles. The van der Waals surface area contributed by atoms with Crippen molar-refractivity contribution >= 4 is 35.1 Å². The highest BCUT2D eigenvalue weighted by molar-refractivity contribution is 8.08. The molecule has 5 nitrogen and oxygen atoms in total. The van der Waals surface area contributed by atoms with Gasteiger partial charge in [0.05, 0.1) is 5.56 Å². The molecule has 0 bridgehead atoms. The Bertz CT molecular complexity index is 799. The Labute approximate surface area is 173 Å². The van der Waals surface area contributed by atoms with Crippen molar-refractivity contribution in [2.24, 2.45) is 4.99 Å². The largest absolute Gasteiger partial charge is 0.417 e. The van der Waals surface area contributed by atoms with E-state index in [1.807, 2.05) is 0 Å². The fourth-order valence-electron chi connectivity index (χ4n) is 3.09. The molecule has 2 rings (SSSR count). The van der Waals surface area contributed by atoms with Gasteiger partial charge in [0.1, 0.15) is 11.5 Å². The molecule has 1 aromatic heterocycles. The second-order valence-electron chi connectivity index (χ2n) is 6.87. The number of aliphatic imine (C=N–C) groups is 1. The van der Waals surface area contributed by atoms with E-state index in [1.165, 1.54) is 19.0 Å². The lowest BCUT2D eigenvalue weighted by atomic mass is 10.1. The minimum atomic E-state index is -4.63. The van der Waals surface area contributed by atoms with Crippen molar-refractivity contribution in [3.05, 3.63) is 41.7 Å². The maximum absolute atomic E-state index is 13.9. The third-order valence-corrected chi connectivity index (χ3v) is 5.59. The van der Waals surface area contributed by atoms with Crippen LogP contribution < -0.4 is 5.32 Å². The lowest BCUT2D eigenvalue weighted by molar-refractivity contribution is -0.137. The lowest BCUT2D eigenvalue weighted by Crippen LogP contribution is -2.24. The molecule has 29 heavy (non-hydrogen) atoms. The molecule has 0 radical (unpaired) electrons. The molecule has 0 aliphatic heterocycles. The maximum atomic E-state index is 13.9. The topological polar surface area (TPSA) is 57.6 Å². The van der Waals surface area contributed by atoms with Crippen molar-refractivity contribution in [1.82, 2.24) is 9.88 Å². The number of hydrogen-bond donors (Lipinski definition) is 1. The van der Waals surface area contributed by atoms with E-state index < -0.39 is 17.6 Å². The summed E-state index contributed by atoms with van der Waals surface area (Å²) < 4.78 is 41.7. The number of amides is 1. The number of alkyl halides is 3. The summed E-state index contributed by atoms with van der Waals surface area (Å²) >= 11 is 1.04. The maximum Gasteiger partial charge on any atom is 0.417 e. The van der Waals surface area contributed by atoms with Gasteiger partial charge in [-0.2, -0.15) is 13.2 Å². The third-order valence-electron chi connectivity index (χ3n) is 4.49. The van der Waals surface area contributed by atoms with Gasteiger partial charge in [0.25, 0.3) is 5.91 Å². The van der Waals surface area contributed by atoms with Gasteiger partial charge in [0.2, 0.25) is 0 Å². The molecule has 1 N–H and O–H groups in total. The van der Waals surface area contributed by atoms with E-state index in [0.29, 0.717) is 5.75 Å². The van der Waals surface area contributed by atoms with Crippen molar-refractivity contribution in [2.75, 3.05) is 25.2 Å². The smallest absolute Gasteiger partial charge is 0.367 e. The highest BCUT2D eigenvalue weighted by Gasteiger charge is 2.36. The average molecular weight is 427 g/mol. The van der Waals surface area contributed by atoms with Crippen LogP contribution in [0.3, 0.4) is 0 Å². The van der Waals surface area contributed by atoms with Crippen molar-refractivity contribution in [1.29, 1.82) is 0 Å². The molecular weight excluding hydrogens is 401 g/mol. The Kier molecular flexibility index (Phi) is 7.89. The zero-order chi connectivity index (χ0) is 21.6. The van der Waals surface area contributed by atoms with Gasteiger partial charge >= 0.3 is 6.18 Å². The summed E-state index contributed by atoms with van der Waals surface area (Å²) in [4.78, 5) is 21.7. The molecule has 1 heterocycles. The molecule has 9 heteroatoms. The minimum Gasteiger partial charge on any atom is -0.367 e. The Balaban J connectivity index is 2.60. The number of nitrogens with one attached hydrogen (secondary N) is 1. The van der Waals surface area contributed by atoms with E-state index in [2.05, 4.69) is 28.6 Å². The van der Waals surface area contributed by atoms with Crippen LogP contribution in [0.15, 0.2) is 35.6 Å². The highest BCUT2D eigenvalue weighted by Crippen LogP contribution is 2.41. The molecule has 0 spiro atoms. The Morgan fingerprint density at radius 1 is 1.41 bits per heavy atom. The Hall–Kier alpha value is -2.29. The van der Waals surface area contributed by atoms with Crippen LogP contribution in [-0.2, 0) is 11.0 Å². The van der Waals surface area contributed by atoms with Gasteiger partial charge in [-0.25, -0.2) is 4.98 Å². The van der Waals surface area contributed by atoms with Crippen LogP contribution >= 0.6 is 11.8 Å². The molecule has 0 unspecified atom stereocenters. The van der Waals surface area contributed by atoms with Gasteiger partial charge in [-0.05, 0) is 25.6 Å². The monoisotopic (exact) mass is 426 g/mol. The summed E-state index contributed by atoms with van der Waals surface area (Å²) in [6.07, 6.45) is 1.99. The zero-order valence-corrected chi connectivity index (χ0v) is 17.4. The Morgan fingerprint density at radius 2 is 2.07 bits per heavy atom. The molecule has 158 valence electrons. The number of carbonyl (C=O) groups is 1. The van der Waals surface area contributed by atoms with Crippen LogP contribution in [0.4, 0.5) is 19.0 Å². The average Bonchev–Trinajstić information content (AvgIpc) is 3.17. The number of likely N-dealkylation sites (N-methyl/N-ethyl adjacent to an activating group) is 1. The molecule has 1 saturated carbocycles. The first-order valence-electron chi connectivity index (χ1n) is 9.19. The SMILES string of the molecule is C=CCS/C(=C(\N=C)C(=O)N(C)C)c1cnc(NC2CCCC2)cc1C(F)(F)F. The molecule has 1 amide bonds. The van der Waals surface area contributed by atoms with Crippen molar-refractivity contribution < 1.29 is 18.0 Å². The Morgan fingerprint density at radius 3 is 2.59 bits per heavy atom. The van der Waals surface area contributed by atoms with Gasteiger partial charge < -0.3 is 10.2 Å². The van der Waals surface area contributed by atoms with Crippen molar-refractivity contribution in [3.8, 4) is 0 Å². The van der Waals surface area contributed by atoms with Crippen LogP contribution in [0.5, 0.6) is 0 Å². The number of rotatable bonds is 8. The zero-order valence-electron chi connectivity index (χ0n) is 16.6. The number of nitrogens with zero attached hydrogens (tertiary/aromatic N) is 3. The molecular formula is C20H25F3N4OS. The van der Waals surface area contributed by atoms with E-state index in [-0.39, 0.29) is 28.0 Å². The number of pyridine rings is 1. The fraction of sp³-hybridized carbons (Fsp3) is 0.450. The van der Waals surface area contributed by atoms with Crippen molar-refractivity contribution in [2.45, 2.75) is 37.9 Å². The first-order chi connectivity index (χ1) is 13.7.